The van der Waals surface area contributed by atoms with E-state index in [4.69, 9.17) is 26.2 Å². The van der Waals surface area contributed by atoms with Crippen LogP contribution in [0.1, 0.15) is 12.5 Å². The molecule has 0 aromatic heterocycles. The van der Waals surface area contributed by atoms with Gasteiger partial charge in [0.25, 0.3) is 0 Å². The Morgan fingerprint density at radius 2 is 2.30 bits per heavy atom. The van der Waals surface area contributed by atoms with Crippen molar-refractivity contribution in [2.75, 3.05) is 13.7 Å². The number of methoxy groups -OCH3 is 1. The Morgan fingerprint density at radius 3 is 2.85 bits per heavy atom. The largest absolute Gasteiger partial charge is 0.493 e. The molecule has 0 heterocycles. The average Bonchev–Trinajstić information content (AvgIpc) is 2.42. The van der Waals surface area contributed by atoms with Crippen LogP contribution < -0.4 is 14.8 Å². The molecule has 1 atom stereocenters. The van der Waals surface area contributed by atoms with Crippen molar-refractivity contribution >= 4 is 17.6 Å². The Hall–Kier alpha value is -1.72. The van der Waals surface area contributed by atoms with E-state index in [9.17, 15) is 4.79 Å². The van der Waals surface area contributed by atoms with Gasteiger partial charge in [-0.05, 0) is 24.6 Å². The molecule has 0 saturated carbocycles. The van der Waals surface area contributed by atoms with Gasteiger partial charge in [0.05, 0.1) is 12.1 Å². The number of nitrogens with one attached hydrogen (secondary N) is 1. The summed E-state index contributed by atoms with van der Waals surface area (Å²) in [5.41, 5.74) is 0.811. The lowest BCUT2D eigenvalue weighted by Crippen LogP contribution is -2.33. The summed E-state index contributed by atoms with van der Waals surface area (Å²) in [5, 5.41) is 12.1. The van der Waals surface area contributed by atoms with Crippen molar-refractivity contribution in [3.05, 3.63) is 35.4 Å². The van der Waals surface area contributed by atoms with Gasteiger partial charge in [-0.25, -0.2) is 0 Å². The summed E-state index contributed by atoms with van der Waals surface area (Å²) in [4.78, 5) is 10.7. The minimum Gasteiger partial charge on any atom is -0.493 e. The lowest BCUT2D eigenvalue weighted by atomic mass is 10.2. The van der Waals surface area contributed by atoms with Gasteiger partial charge in [0.15, 0.2) is 11.5 Å². The Kier molecular flexibility index (Phi) is 6.35. The SMILES string of the molecule is C=CCOc1c(Cl)cc(CN[C@H](C)C(=O)O)cc1OC. The van der Waals surface area contributed by atoms with Crippen molar-refractivity contribution in [3.8, 4) is 11.5 Å². The van der Waals surface area contributed by atoms with Gasteiger partial charge in [-0.2, -0.15) is 0 Å². The third-order valence-corrected chi connectivity index (χ3v) is 2.90. The number of halogens is 1. The Labute approximate surface area is 123 Å². The topological polar surface area (TPSA) is 67.8 Å². The fourth-order valence-corrected chi connectivity index (χ4v) is 1.80. The summed E-state index contributed by atoms with van der Waals surface area (Å²) in [7, 11) is 1.52. The number of rotatable bonds is 8. The molecule has 20 heavy (non-hydrogen) atoms. The number of carboxylic acid groups (broad SMARTS) is 1. The molecule has 0 saturated heterocycles. The summed E-state index contributed by atoms with van der Waals surface area (Å²) in [6, 6.07) is 2.83. The lowest BCUT2D eigenvalue weighted by molar-refractivity contribution is -0.139. The first-order valence-corrected chi connectivity index (χ1v) is 6.43. The van der Waals surface area contributed by atoms with Crippen LogP contribution in [0.4, 0.5) is 0 Å². The van der Waals surface area contributed by atoms with Crippen LogP contribution in [0, 0.1) is 0 Å². The fourth-order valence-electron chi connectivity index (χ4n) is 1.52. The predicted molar refractivity (Wildman–Crippen MR) is 77.6 cm³/mol. The van der Waals surface area contributed by atoms with E-state index in [2.05, 4.69) is 11.9 Å². The second kappa shape index (κ2) is 7.77. The van der Waals surface area contributed by atoms with Gasteiger partial charge in [0.1, 0.15) is 12.6 Å². The predicted octanol–water partition coefficient (Wildman–Crippen LogP) is 2.48. The maximum Gasteiger partial charge on any atom is 0.320 e. The van der Waals surface area contributed by atoms with Crippen LogP contribution in [0.5, 0.6) is 11.5 Å². The smallest absolute Gasteiger partial charge is 0.320 e. The van der Waals surface area contributed by atoms with Gasteiger partial charge in [0.2, 0.25) is 0 Å². The van der Waals surface area contributed by atoms with E-state index in [-0.39, 0.29) is 0 Å². The third-order valence-electron chi connectivity index (χ3n) is 2.62. The molecule has 2 N–H and O–H groups in total. The van der Waals surface area contributed by atoms with Crippen molar-refractivity contribution in [3.63, 3.8) is 0 Å². The van der Waals surface area contributed by atoms with Crippen molar-refractivity contribution in [2.45, 2.75) is 19.5 Å². The number of aliphatic carboxylic acids is 1. The molecule has 0 aliphatic carbocycles. The van der Waals surface area contributed by atoms with E-state index in [1.54, 1.807) is 25.1 Å². The number of hydrogen-bond donors (Lipinski definition) is 2. The second-order valence-electron chi connectivity index (χ2n) is 4.15. The van der Waals surface area contributed by atoms with Crippen molar-refractivity contribution in [1.29, 1.82) is 0 Å². The Bertz CT molecular complexity index is 490. The van der Waals surface area contributed by atoms with E-state index < -0.39 is 12.0 Å². The van der Waals surface area contributed by atoms with Crippen LogP contribution in [0.25, 0.3) is 0 Å². The molecule has 110 valence electrons. The number of benzene rings is 1. The third kappa shape index (κ3) is 4.43. The highest BCUT2D eigenvalue weighted by atomic mass is 35.5. The van der Waals surface area contributed by atoms with Gasteiger partial charge in [-0.15, -0.1) is 0 Å². The molecular weight excluding hydrogens is 282 g/mol. The highest BCUT2D eigenvalue weighted by Crippen LogP contribution is 2.36. The monoisotopic (exact) mass is 299 g/mol. The summed E-state index contributed by atoms with van der Waals surface area (Å²) in [6.45, 7) is 5.83. The number of carboxylic acids is 1. The zero-order valence-corrected chi connectivity index (χ0v) is 12.2. The van der Waals surface area contributed by atoms with Crippen molar-refractivity contribution in [2.24, 2.45) is 0 Å². The van der Waals surface area contributed by atoms with E-state index in [0.717, 1.165) is 5.56 Å². The number of ether oxygens (including phenoxy) is 2. The maximum atomic E-state index is 10.7. The second-order valence-corrected chi connectivity index (χ2v) is 4.56. The first kappa shape index (κ1) is 16.3. The molecule has 1 aromatic carbocycles. The summed E-state index contributed by atoms with van der Waals surface area (Å²) in [6.07, 6.45) is 1.61. The summed E-state index contributed by atoms with van der Waals surface area (Å²) in [5.74, 6) is 0.0391. The van der Waals surface area contributed by atoms with Crippen LogP contribution in [0.15, 0.2) is 24.8 Å². The van der Waals surface area contributed by atoms with Crippen LogP contribution in [0.2, 0.25) is 5.02 Å². The molecule has 0 aliphatic rings. The molecule has 5 nitrogen and oxygen atoms in total. The molecule has 0 spiro atoms. The summed E-state index contributed by atoms with van der Waals surface area (Å²) >= 11 is 6.14. The maximum absolute atomic E-state index is 10.7. The Balaban J connectivity index is 2.87. The molecule has 0 bridgehead atoms. The van der Waals surface area contributed by atoms with Gasteiger partial charge >= 0.3 is 5.97 Å². The molecule has 1 rings (SSSR count). The minimum absolute atomic E-state index is 0.323. The molecule has 6 heteroatoms. The minimum atomic E-state index is -0.908. The molecule has 1 aromatic rings. The van der Waals surface area contributed by atoms with Gasteiger partial charge in [-0.3, -0.25) is 4.79 Å². The quantitative estimate of drug-likeness (QED) is 0.722. The zero-order valence-electron chi connectivity index (χ0n) is 11.5. The normalized spacial score (nSPS) is 11.8. The van der Waals surface area contributed by atoms with E-state index in [1.165, 1.54) is 7.11 Å². The molecular formula is C14H18ClNO4. The van der Waals surface area contributed by atoms with Crippen LogP contribution >= 0.6 is 11.6 Å². The Morgan fingerprint density at radius 1 is 1.60 bits per heavy atom. The number of carbonyl (C=O) groups is 1. The van der Waals surface area contributed by atoms with Crippen molar-refractivity contribution in [1.82, 2.24) is 5.32 Å². The molecule has 0 amide bonds. The average molecular weight is 300 g/mol. The van der Waals surface area contributed by atoms with Crippen LogP contribution in [-0.4, -0.2) is 30.8 Å². The highest BCUT2D eigenvalue weighted by Gasteiger charge is 2.14. The zero-order chi connectivity index (χ0) is 15.1. The first-order valence-electron chi connectivity index (χ1n) is 6.05. The van der Waals surface area contributed by atoms with E-state index >= 15 is 0 Å². The first-order chi connectivity index (χ1) is 9.49. The molecule has 0 radical (unpaired) electrons. The van der Waals surface area contributed by atoms with E-state index in [0.29, 0.717) is 29.7 Å². The summed E-state index contributed by atoms with van der Waals surface area (Å²) < 4.78 is 10.7. The standard InChI is InChI=1S/C14H18ClNO4/c1-4-5-20-13-11(15)6-10(7-12(13)19-3)8-16-9(2)14(17)18/h4,6-7,9,16H,1,5,8H2,2-3H3,(H,17,18)/t9-/m1/s1. The van der Waals surface area contributed by atoms with Gasteiger partial charge in [0, 0.05) is 6.54 Å². The van der Waals surface area contributed by atoms with Gasteiger partial charge < -0.3 is 19.9 Å². The van der Waals surface area contributed by atoms with Gasteiger partial charge in [-0.1, -0.05) is 24.3 Å². The van der Waals surface area contributed by atoms with Crippen LogP contribution in [0.3, 0.4) is 0 Å². The lowest BCUT2D eigenvalue weighted by Gasteiger charge is -2.14. The van der Waals surface area contributed by atoms with Crippen LogP contribution in [-0.2, 0) is 11.3 Å². The molecule has 0 fully saturated rings. The molecule has 0 unspecified atom stereocenters. The fraction of sp³-hybridized carbons (Fsp3) is 0.357. The van der Waals surface area contributed by atoms with Crippen molar-refractivity contribution < 1.29 is 19.4 Å². The van der Waals surface area contributed by atoms with E-state index in [1.807, 2.05) is 0 Å². The molecule has 0 aliphatic heterocycles. The highest BCUT2D eigenvalue weighted by molar-refractivity contribution is 6.32. The number of hydrogen-bond acceptors (Lipinski definition) is 4.